The molecule has 1 unspecified atom stereocenters. The number of rotatable bonds is 3. The van der Waals surface area contributed by atoms with Gasteiger partial charge < -0.3 is 0 Å². The molecule has 0 aliphatic carbocycles. The van der Waals surface area contributed by atoms with Gasteiger partial charge in [-0.15, -0.1) is 11.6 Å². The number of alkyl halides is 1. The molecule has 1 saturated heterocycles. The van der Waals surface area contributed by atoms with Crippen LogP contribution in [0.2, 0.25) is 0 Å². The van der Waals surface area contributed by atoms with E-state index in [1.807, 2.05) is 11.8 Å². The molecule has 19 heavy (non-hydrogen) atoms. The highest BCUT2D eigenvalue weighted by Gasteiger charge is 2.30. The van der Waals surface area contributed by atoms with Crippen molar-refractivity contribution in [1.29, 1.82) is 0 Å². The van der Waals surface area contributed by atoms with Gasteiger partial charge in [0.15, 0.2) is 0 Å². The summed E-state index contributed by atoms with van der Waals surface area (Å²) < 4.78 is 27.4. The second-order valence-electron chi connectivity index (χ2n) is 4.44. The fraction of sp³-hybridized carbons (Fsp3) is 0.500. The summed E-state index contributed by atoms with van der Waals surface area (Å²) in [7, 11) is -3.42. The number of halogens is 2. The van der Waals surface area contributed by atoms with Crippen molar-refractivity contribution in [2.24, 2.45) is 0 Å². The zero-order chi connectivity index (χ0) is 14.0. The smallest absolute Gasteiger partial charge is 0.207 e. The van der Waals surface area contributed by atoms with Gasteiger partial charge in [0.2, 0.25) is 10.0 Å². The Labute approximate surface area is 131 Å². The van der Waals surface area contributed by atoms with Crippen LogP contribution < -0.4 is 0 Å². The van der Waals surface area contributed by atoms with Crippen LogP contribution in [0.4, 0.5) is 0 Å². The third-order valence-electron chi connectivity index (χ3n) is 2.97. The van der Waals surface area contributed by atoms with E-state index in [0.29, 0.717) is 33.6 Å². The van der Waals surface area contributed by atoms with Gasteiger partial charge in [-0.05, 0) is 33.6 Å². The number of benzene rings is 1. The van der Waals surface area contributed by atoms with Crippen LogP contribution in [0.5, 0.6) is 0 Å². The van der Waals surface area contributed by atoms with Crippen LogP contribution in [-0.2, 0) is 15.9 Å². The summed E-state index contributed by atoms with van der Waals surface area (Å²) in [6.45, 7) is 3.19. The van der Waals surface area contributed by atoms with E-state index in [0.717, 1.165) is 11.3 Å². The third kappa shape index (κ3) is 3.47. The number of thioether (sulfide) groups is 1. The average Bonchev–Trinajstić information content (AvgIpc) is 2.38. The quantitative estimate of drug-likeness (QED) is 0.750. The molecule has 1 heterocycles. The number of hydrogen-bond acceptors (Lipinski definition) is 3. The summed E-state index contributed by atoms with van der Waals surface area (Å²) in [6, 6.07) is 5.15. The molecule has 0 spiro atoms. The molecule has 0 bridgehead atoms. The first-order chi connectivity index (χ1) is 8.95. The molecule has 0 N–H and O–H groups in total. The maximum absolute atomic E-state index is 12.6. The van der Waals surface area contributed by atoms with Crippen molar-refractivity contribution in [3.05, 3.63) is 28.2 Å². The van der Waals surface area contributed by atoms with E-state index in [4.69, 9.17) is 11.6 Å². The Morgan fingerprint density at radius 2 is 2.26 bits per heavy atom. The zero-order valence-electron chi connectivity index (χ0n) is 10.5. The molecule has 1 aromatic carbocycles. The molecular formula is C12H15BrClNO2S2. The molecule has 0 amide bonds. The van der Waals surface area contributed by atoms with Gasteiger partial charge in [-0.1, -0.05) is 13.0 Å². The fourth-order valence-electron chi connectivity index (χ4n) is 1.98. The zero-order valence-corrected chi connectivity index (χ0v) is 14.4. The second kappa shape index (κ2) is 6.35. The van der Waals surface area contributed by atoms with Gasteiger partial charge in [0.25, 0.3) is 0 Å². The fourth-order valence-corrected chi connectivity index (χ4v) is 5.99. The van der Waals surface area contributed by atoms with Crippen LogP contribution in [0.15, 0.2) is 27.6 Å². The van der Waals surface area contributed by atoms with Gasteiger partial charge in [0.1, 0.15) is 0 Å². The van der Waals surface area contributed by atoms with Gasteiger partial charge in [0.05, 0.1) is 4.90 Å². The molecule has 106 valence electrons. The van der Waals surface area contributed by atoms with Gasteiger partial charge in [-0.2, -0.15) is 16.1 Å². The summed E-state index contributed by atoms with van der Waals surface area (Å²) in [6.07, 6.45) is 0. The molecule has 3 nitrogen and oxygen atoms in total. The predicted octanol–water partition coefficient (Wildman–Crippen LogP) is 3.31. The van der Waals surface area contributed by atoms with Crippen LogP contribution in [0.3, 0.4) is 0 Å². The lowest BCUT2D eigenvalue weighted by molar-refractivity contribution is 0.424. The van der Waals surface area contributed by atoms with E-state index in [-0.39, 0.29) is 0 Å². The van der Waals surface area contributed by atoms with Crippen LogP contribution in [0, 0.1) is 0 Å². The Bertz CT molecular complexity index is 565. The van der Waals surface area contributed by atoms with Crippen LogP contribution in [-0.4, -0.2) is 36.8 Å². The first-order valence-corrected chi connectivity index (χ1v) is 9.73. The largest absolute Gasteiger partial charge is 0.244 e. The van der Waals surface area contributed by atoms with E-state index < -0.39 is 10.0 Å². The van der Waals surface area contributed by atoms with E-state index in [1.165, 1.54) is 0 Å². The molecule has 0 radical (unpaired) electrons. The van der Waals surface area contributed by atoms with E-state index in [1.54, 1.807) is 22.5 Å². The first kappa shape index (κ1) is 15.6. The molecular weight excluding hydrogens is 370 g/mol. The molecule has 1 atom stereocenters. The van der Waals surface area contributed by atoms with Crippen LogP contribution in [0.1, 0.15) is 12.5 Å². The van der Waals surface area contributed by atoms with Crippen molar-refractivity contribution in [1.82, 2.24) is 4.31 Å². The van der Waals surface area contributed by atoms with E-state index >= 15 is 0 Å². The predicted molar refractivity (Wildman–Crippen MR) is 84.4 cm³/mol. The van der Waals surface area contributed by atoms with Crippen molar-refractivity contribution < 1.29 is 8.42 Å². The van der Waals surface area contributed by atoms with Crippen LogP contribution in [0.25, 0.3) is 0 Å². The van der Waals surface area contributed by atoms with Crippen LogP contribution >= 0.6 is 39.3 Å². The lowest BCUT2D eigenvalue weighted by Crippen LogP contribution is -2.41. The minimum atomic E-state index is -3.42. The lowest BCUT2D eigenvalue weighted by Gasteiger charge is -2.30. The first-order valence-electron chi connectivity index (χ1n) is 5.91. The topological polar surface area (TPSA) is 37.4 Å². The molecule has 2 rings (SSSR count). The maximum atomic E-state index is 12.6. The monoisotopic (exact) mass is 383 g/mol. The van der Waals surface area contributed by atoms with Crippen molar-refractivity contribution in [2.75, 3.05) is 18.8 Å². The Morgan fingerprint density at radius 1 is 1.53 bits per heavy atom. The summed E-state index contributed by atoms with van der Waals surface area (Å²) in [5.41, 5.74) is 0.898. The summed E-state index contributed by atoms with van der Waals surface area (Å²) in [5.74, 6) is 1.22. The highest BCUT2D eigenvalue weighted by Crippen LogP contribution is 2.29. The van der Waals surface area contributed by atoms with Crippen molar-refractivity contribution >= 4 is 49.3 Å². The molecule has 1 fully saturated rings. The van der Waals surface area contributed by atoms with Gasteiger partial charge in [-0.3, -0.25) is 0 Å². The Hall–Kier alpha value is 0.250. The second-order valence-corrected chi connectivity index (χ2v) is 9.02. The molecule has 7 heteroatoms. The van der Waals surface area contributed by atoms with Gasteiger partial charge in [-0.25, -0.2) is 8.42 Å². The van der Waals surface area contributed by atoms with Crippen molar-refractivity contribution in [3.63, 3.8) is 0 Å². The van der Waals surface area contributed by atoms with E-state index in [2.05, 4.69) is 22.9 Å². The Kier molecular flexibility index (Phi) is 5.22. The molecule has 0 aromatic heterocycles. The maximum Gasteiger partial charge on any atom is 0.244 e. The highest BCUT2D eigenvalue weighted by atomic mass is 79.9. The molecule has 1 aliphatic heterocycles. The standard InChI is InChI=1S/C12H15BrClNO2S2/c1-9-8-15(4-5-18-9)19(16,17)12-3-2-10(7-14)6-11(12)13/h2-3,6,9H,4-5,7-8H2,1H3. The average molecular weight is 385 g/mol. The molecule has 1 aromatic rings. The molecule has 1 aliphatic rings. The van der Waals surface area contributed by atoms with Gasteiger partial charge >= 0.3 is 0 Å². The van der Waals surface area contributed by atoms with Crippen molar-refractivity contribution in [2.45, 2.75) is 22.9 Å². The summed E-state index contributed by atoms with van der Waals surface area (Å²) >= 11 is 10.9. The normalized spacial score (nSPS) is 21.5. The third-order valence-corrected chi connectivity index (χ3v) is 7.26. The SMILES string of the molecule is CC1CN(S(=O)(=O)c2ccc(CCl)cc2Br)CCS1. The number of hydrogen-bond donors (Lipinski definition) is 0. The van der Waals surface area contributed by atoms with E-state index in [9.17, 15) is 8.42 Å². The number of sulfonamides is 1. The molecule has 0 saturated carbocycles. The summed E-state index contributed by atoms with van der Waals surface area (Å²) in [5, 5.41) is 0.337. The number of nitrogens with zero attached hydrogens (tertiary/aromatic N) is 1. The minimum absolute atomic E-state index is 0.320. The highest BCUT2D eigenvalue weighted by molar-refractivity contribution is 9.10. The summed E-state index contributed by atoms with van der Waals surface area (Å²) in [4.78, 5) is 0.320. The Balaban J connectivity index is 2.33. The minimum Gasteiger partial charge on any atom is -0.207 e. The lowest BCUT2D eigenvalue weighted by atomic mass is 10.2. The van der Waals surface area contributed by atoms with Crippen molar-refractivity contribution in [3.8, 4) is 0 Å². The van der Waals surface area contributed by atoms with Gasteiger partial charge in [0, 0.05) is 34.4 Å². The Morgan fingerprint density at radius 3 is 2.84 bits per heavy atom.